The minimum Gasteiger partial charge on any atom is -0.490 e. The third-order valence-corrected chi connectivity index (χ3v) is 2.78. The van der Waals surface area contributed by atoms with Crippen molar-refractivity contribution in [1.29, 1.82) is 0 Å². The summed E-state index contributed by atoms with van der Waals surface area (Å²) >= 11 is 0. The van der Waals surface area contributed by atoms with Crippen molar-refractivity contribution in [2.24, 2.45) is 5.73 Å². The lowest BCUT2D eigenvalue weighted by Gasteiger charge is -2.15. The van der Waals surface area contributed by atoms with E-state index in [9.17, 15) is 0 Å². The average molecular weight is 257 g/mol. The first-order chi connectivity index (χ1) is 9.22. The first-order valence-electron chi connectivity index (χ1n) is 6.46. The summed E-state index contributed by atoms with van der Waals surface area (Å²) in [6, 6.07) is 15.4. The predicted octanol–water partition coefficient (Wildman–Crippen LogP) is 3.90. The molecule has 0 amide bonds. The van der Waals surface area contributed by atoms with Crippen molar-refractivity contribution in [2.75, 3.05) is 6.61 Å². The van der Waals surface area contributed by atoms with Crippen molar-refractivity contribution in [3.05, 3.63) is 54.1 Å². The van der Waals surface area contributed by atoms with Crippen LogP contribution in [0.2, 0.25) is 0 Å². The van der Waals surface area contributed by atoms with Gasteiger partial charge in [0.15, 0.2) is 11.5 Å². The molecule has 0 fully saturated rings. The Morgan fingerprint density at radius 3 is 2.16 bits per heavy atom. The molecule has 0 unspecified atom stereocenters. The number of rotatable bonds is 5. The molecule has 0 aliphatic heterocycles. The van der Waals surface area contributed by atoms with E-state index in [0.29, 0.717) is 12.4 Å². The third kappa shape index (κ3) is 3.26. The minimum atomic E-state index is -0.0737. The van der Waals surface area contributed by atoms with E-state index in [1.807, 2.05) is 62.4 Å². The maximum Gasteiger partial charge on any atom is 0.169 e. The largest absolute Gasteiger partial charge is 0.490 e. The number of benzene rings is 2. The Balaban J connectivity index is 2.31. The van der Waals surface area contributed by atoms with Crippen LogP contribution >= 0.6 is 0 Å². The van der Waals surface area contributed by atoms with Crippen molar-refractivity contribution < 1.29 is 9.47 Å². The second-order valence-corrected chi connectivity index (χ2v) is 4.31. The average Bonchev–Trinajstić information content (AvgIpc) is 2.42. The molecule has 2 aromatic carbocycles. The lowest BCUT2D eigenvalue weighted by molar-refractivity contribution is 0.320. The minimum absolute atomic E-state index is 0.0737. The Morgan fingerprint density at radius 1 is 0.947 bits per heavy atom. The van der Waals surface area contributed by atoms with Crippen molar-refractivity contribution in [3.63, 3.8) is 0 Å². The second-order valence-electron chi connectivity index (χ2n) is 4.31. The molecule has 3 nitrogen and oxygen atoms in total. The fourth-order valence-electron chi connectivity index (χ4n) is 1.88. The summed E-state index contributed by atoms with van der Waals surface area (Å²) in [6.07, 6.45) is 0. The number of ether oxygens (including phenoxy) is 2. The zero-order chi connectivity index (χ0) is 13.7. The van der Waals surface area contributed by atoms with Gasteiger partial charge in [-0.25, -0.2) is 0 Å². The molecule has 0 bridgehead atoms. The van der Waals surface area contributed by atoms with Gasteiger partial charge >= 0.3 is 0 Å². The summed E-state index contributed by atoms with van der Waals surface area (Å²) in [5, 5.41) is 0. The number of nitrogens with two attached hydrogens (primary N) is 1. The van der Waals surface area contributed by atoms with Gasteiger partial charge in [-0.3, -0.25) is 0 Å². The third-order valence-electron chi connectivity index (χ3n) is 2.78. The van der Waals surface area contributed by atoms with Gasteiger partial charge in [-0.2, -0.15) is 0 Å². The highest BCUT2D eigenvalue weighted by Crippen LogP contribution is 2.34. The predicted molar refractivity (Wildman–Crippen MR) is 76.7 cm³/mol. The number of para-hydroxylation sites is 3. The summed E-state index contributed by atoms with van der Waals surface area (Å²) in [5.74, 6) is 2.21. The first kappa shape index (κ1) is 13.4. The van der Waals surface area contributed by atoms with Crippen LogP contribution in [0.25, 0.3) is 0 Å². The van der Waals surface area contributed by atoms with Crippen molar-refractivity contribution in [3.8, 4) is 17.2 Å². The van der Waals surface area contributed by atoms with Crippen molar-refractivity contribution in [1.82, 2.24) is 0 Å². The highest BCUT2D eigenvalue weighted by atomic mass is 16.5. The Hall–Kier alpha value is -2.00. The fourth-order valence-corrected chi connectivity index (χ4v) is 1.88. The molecule has 0 radical (unpaired) electrons. The van der Waals surface area contributed by atoms with Crippen molar-refractivity contribution in [2.45, 2.75) is 19.9 Å². The van der Waals surface area contributed by atoms with Gasteiger partial charge < -0.3 is 15.2 Å². The highest BCUT2D eigenvalue weighted by Gasteiger charge is 2.10. The normalized spacial score (nSPS) is 11.9. The molecule has 0 aromatic heterocycles. The van der Waals surface area contributed by atoms with E-state index in [-0.39, 0.29) is 6.04 Å². The van der Waals surface area contributed by atoms with E-state index < -0.39 is 0 Å². The first-order valence-corrected chi connectivity index (χ1v) is 6.46. The SMILES string of the molecule is CCOc1ccccc1Oc1ccccc1[C@H](C)N. The van der Waals surface area contributed by atoms with Crippen LogP contribution in [0.5, 0.6) is 17.2 Å². The van der Waals surface area contributed by atoms with Gasteiger partial charge in [-0.15, -0.1) is 0 Å². The van der Waals surface area contributed by atoms with E-state index in [2.05, 4.69) is 0 Å². The monoisotopic (exact) mass is 257 g/mol. The van der Waals surface area contributed by atoms with Crippen molar-refractivity contribution >= 4 is 0 Å². The molecular weight excluding hydrogens is 238 g/mol. The van der Waals surface area contributed by atoms with Gasteiger partial charge in [0.2, 0.25) is 0 Å². The molecule has 0 spiro atoms. The fraction of sp³-hybridized carbons (Fsp3) is 0.250. The van der Waals surface area contributed by atoms with Crippen LogP contribution in [-0.2, 0) is 0 Å². The Labute approximate surface area is 114 Å². The summed E-state index contributed by atoms with van der Waals surface area (Å²) in [6.45, 7) is 4.50. The maximum absolute atomic E-state index is 5.95. The Kier molecular flexibility index (Phi) is 4.42. The molecule has 0 aliphatic carbocycles. The smallest absolute Gasteiger partial charge is 0.169 e. The van der Waals surface area contributed by atoms with E-state index in [1.165, 1.54) is 0 Å². The van der Waals surface area contributed by atoms with Crippen LogP contribution in [0.15, 0.2) is 48.5 Å². The van der Waals surface area contributed by atoms with Gasteiger partial charge in [0, 0.05) is 11.6 Å². The van der Waals surface area contributed by atoms with Gasteiger partial charge in [0.25, 0.3) is 0 Å². The van der Waals surface area contributed by atoms with E-state index in [1.54, 1.807) is 0 Å². The van der Waals surface area contributed by atoms with Crippen LogP contribution < -0.4 is 15.2 Å². The topological polar surface area (TPSA) is 44.5 Å². The molecule has 1 atom stereocenters. The molecule has 2 aromatic rings. The quantitative estimate of drug-likeness (QED) is 0.883. The Bertz CT molecular complexity index is 538. The molecule has 0 heterocycles. The molecule has 100 valence electrons. The summed E-state index contributed by atoms with van der Waals surface area (Å²) in [4.78, 5) is 0. The summed E-state index contributed by atoms with van der Waals surface area (Å²) in [5.41, 5.74) is 6.93. The van der Waals surface area contributed by atoms with E-state index >= 15 is 0 Å². The summed E-state index contributed by atoms with van der Waals surface area (Å²) < 4.78 is 11.5. The highest BCUT2D eigenvalue weighted by molar-refractivity contribution is 5.45. The maximum atomic E-state index is 5.95. The van der Waals surface area contributed by atoms with Crippen LogP contribution in [0.3, 0.4) is 0 Å². The molecule has 2 rings (SSSR count). The van der Waals surface area contributed by atoms with Crippen LogP contribution in [0, 0.1) is 0 Å². The molecule has 19 heavy (non-hydrogen) atoms. The zero-order valence-electron chi connectivity index (χ0n) is 11.3. The second kappa shape index (κ2) is 6.25. The molecular formula is C16H19NO2. The molecule has 3 heteroatoms. The molecule has 0 saturated carbocycles. The van der Waals surface area contributed by atoms with Crippen LogP contribution in [0.4, 0.5) is 0 Å². The lowest BCUT2D eigenvalue weighted by Crippen LogP contribution is -2.06. The Morgan fingerprint density at radius 2 is 1.53 bits per heavy atom. The summed E-state index contributed by atoms with van der Waals surface area (Å²) in [7, 11) is 0. The van der Waals surface area contributed by atoms with Gasteiger partial charge in [0.1, 0.15) is 5.75 Å². The molecule has 2 N–H and O–H groups in total. The molecule has 0 aliphatic rings. The van der Waals surface area contributed by atoms with E-state index in [4.69, 9.17) is 15.2 Å². The van der Waals surface area contributed by atoms with E-state index in [0.717, 1.165) is 17.1 Å². The zero-order valence-corrected chi connectivity index (χ0v) is 11.3. The van der Waals surface area contributed by atoms with Crippen LogP contribution in [0.1, 0.15) is 25.5 Å². The lowest BCUT2D eigenvalue weighted by atomic mass is 10.1. The number of hydrogen-bond donors (Lipinski definition) is 1. The van der Waals surface area contributed by atoms with Gasteiger partial charge in [-0.05, 0) is 32.0 Å². The number of hydrogen-bond acceptors (Lipinski definition) is 3. The molecule has 0 saturated heterocycles. The standard InChI is InChI=1S/C16H19NO2/c1-3-18-15-10-6-7-11-16(15)19-14-9-5-4-8-13(14)12(2)17/h4-12H,3,17H2,1-2H3/t12-/m0/s1. The van der Waals surface area contributed by atoms with Gasteiger partial charge in [-0.1, -0.05) is 30.3 Å². The van der Waals surface area contributed by atoms with Crippen LogP contribution in [-0.4, -0.2) is 6.61 Å². The van der Waals surface area contributed by atoms with Gasteiger partial charge in [0.05, 0.1) is 6.61 Å².